The summed E-state index contributed by atoms with van der Waals surface area (Å²) >= 11 is 0. The molecule has 266 valence electrons. The number of rotatable bonds is 13. The van der Waals surface area contributed by atoms with E-state index in [1.807, 2.05) is 38.8 Å². The number of nitrogens with zero attached hydrogens (tertiary/aromatic N) is 5. The van der Waals surface area contributed by atoms with Gasteiger partial charge in [0.05, 0.1) is 55.6 Å². The van der Waals surface area contributed by atoms with E-state index in [0.717, 1.165) is 16.7 Å². The number of ether oxygens (including phenoxy) is 1. The van der Waals surface area contributed by atoms with E-state index in [1.54, 1.807) is 36.1 Å². The summed E-state index contributed by atoms with van der Waals surface area (Å²) in [6.45, 7) is 7.09. The summed E-state index contributed by atoms with van der Waals surface area (Å²) < 4.78 is 62.1. The summed E-state index contributed by atoms with van der Waals surface area (Å²) in [6.07, 6.45) is 0.900. The maximum atomic E-state index is 14.3. The highest BCUT2D eigenvalue weighted by molar-refractivity contribution is 7.64. The number of anilines is 4. The molecule has 0 radical (unpaired) electrons. The van der Waals surface area contributed by atoms with Gasteiger partial charge in [-0.15, -0.1) is 0 Å². The molecule has 0 unspecified atom stereocenters. The van der Waals surface area contributed by atoms with Crippen LogP contribution < -0.4 is 15.4 Å². The molecule has 50 heavy (non-hydrogen) atoms. The van der Waals surface area contributed by atoms with Gasteiger partial charge in [0.2, 0.25) is 5.95 Å². The lowest BCUT2D eigenvalue weighted by Crippen LogP contribution is -2.30. The largest absolute Gasteiger partial charge is 0.495 e. The molecule has 3 N–H and O–H groups in total. The highest BCUT2D eigenvalue weighted by Crippen LogP contribution is 2.60. The first-order valence-corrected chi connectivity index (χ1v) is 18.5. The summed E-state index contributed by atoms with van der Waals surface area (Å²) in [5.41, 5.74) is 2.86. The molecule has 0 atom stereocenters. The molecule has 3 heterocycles. The zero-order chi connectivity index (χ0) is 35.8. The number of fused-ring (bicyclic) bond motifs is 1. The zero-order valence-corrected chi connectivity index (χ0v) is 29.3. The minimum Gasteiger partial charge on any atom is -0.495 e. The van der Waals surface area contributed by atoms with Crippen LogP contribution >= 0.6 is 7.72 Å². The van der Waals surface area contributed by atoms with Crippen LogP contribution in [-0.2, 0) is 27.9 Å². The third-order valence-electron chi connectivity index (χ3n) is 8.78. The molecule has 4 aromatic rings. The normalized spacial score (nSPS) is 17.5. The van der Waals surface area contributed by atoms with Crippen LogP contribution in [0.3, 0.4) is 0 Å². The van der Waals surface area contributed by atoms with Gasteiger partial charge in [0.15, 0.2) is 0 Å². The predicted molar refractivity (Wildman–Crippen MR) is 184 cm³/mol. The lowest BCUT2D eigenvalue weighted by molar-refractivity contribution is -0.137. The van der Waals surface area contributed by atoms with Crippen LogP contribution in [0.2, 0.25) is 0 Å². The van der Waals surface area contributed by atoms with E-state index in [2.05, 4.69) is 25.7 Å². The van der Waals surface area contributed by atoms with Crippen molar-refractivity contribution in [1.82, 2.24) is 24.6 Å². The van der Waals surface area contributed by atoms with Gasteiger partial charge in [0, 0.05) is 31.5 Å². The summed E-state index contributed by atoms with van der Waals surface area (Å²) in [4.78, 5) is 23.1. The molecule has 0 bridgehead atoms. The van der Waals surface area contributed by atoms with Crippen molar-refractivity contribution >= 4 is 36.8 Å². The summed E-state index contributed by atoms with van der Waals surface area (Å²) in [5.74, 6) is -0.540. The highest BCUT2D eigenvalue weighted by atomic mass is 31.2. The zero-order valence-electron chi connectivity index (χ0n) is 28.4. The molecule has 1 saturated carbocycles. The highest BCUT2D eigenvalue weighted by Gasteiger charge is 2.38. The maximum Gasteiger partial charge on any atom is 0.421 e. The van der Waals surface area contributed by atoms with Gasteiger partial charge in [0.25, 0.3) is 13.6 Å². The minimum atomic E-state index is -4.79. The Morgan fingerprint density at radius 3 is 2.44 bits per heavy atom. The van der Waals surface area contributed by atoms with Crippen LogP contribution in [0.4, 0.5) is 36.3 Å². The van der Waals surface area contributed by atoms with Crippen molar-refractivity contribution in [3.05, 3.63) is 71.2 Å². The van der Waals surface area contributed by atoms with Crippen molar-refractivity contribution < 1.29 is 36.9 Å². The number of alkyl halides is 3. The Balaban J connectivity index is 1.31. The SMILES string of the molecule is CCO[P+](C)(Cc1ccc(Nc2ncc(C(F)(F)F)c(Nc3ccc(-c4cnn(C5CC(O)C5)c4)c4c3C(=O)N(C)C4)n2)c(OC)c1)OCC. The fourth-order valence-corrected chi connectivity index (χ4v) is 8.53. The molecule has 16 heteroatoms. The Labute approximate surface area is 288 Å². The van der Waals surface area contributed by atoms with Gasteiger partial charge in [0.1, 0.15) is 30.0 Å². The molecule has 1 amide bonds. The molecule has 1 aliphatic carbocycles. The second-order valence-electron chi connectivity index (χ2n) is 12.4. The van der Waals surface area contributed by atoms with Gasteiger partial charge in [-0.2, -0.15) is 23.3 Å². The Morgan fingerprint density at radius 1 is 1.06 bits per heavy atom. The van der Waals surface area contributed by atoms with Crippen molar-refractivity contribution in [3.8, 4) is 16.9 Å². The first kappa shape index (κ1) is 35.5. The Kier molecular flexibility index (Phi) is 10.0. The maximum absolute atomic E-state index is 14.3. The Bertz CT molecular complexity index is 1880. The Hall–Kier alpha value is -4.30. The van der Waals surface area contributed by atoms with Crippen molar-refractivity contribution in [3.63, 3.8) is 0 Å². The van der Waals surface area contributed by atoms with E-state index in [0.29, 0.717) is 55.4 Å². The minimum absolute atomic E-state index is 0.0919. The van der Waals surface area contributed by atoms with Gasteiger partial charge >= 0.3 is 6.18 Å². The third-order valence-corrected chi connectivity index (χ3v) is 11.3. The predicted octanol–water partition coefficient (Wildman–Crippen LogP) is 7.19. The first-order valence-electron chi connectivity index (χ1n) is 16.3. The number of nitrogens with one attached hydrogen (secondary N) is 2. The molecule has 2 aromatic heterocycles. The van der Waals surface area contributed by atoms with Crippen LogP contribution in [0.25, 0.3) is 11.1 Å². The lowest BCUT2D eigenvalue weighted by atomic mass is 9.90. The standard InChI is InChI=1S/C34H39F3N7O5P/c1-6-48-50(5,49-7-2)19-20-8-10-27(29(12-20)47-4)41-33-38-16-26(34(35,36)37)31(42-33)40-28-11-9-24(25-18-43(3)32(46)30(25)28)21-15-39-44(17-21)22-13-23(45)14-22/h8-12,15-17,22-23,45H,6-7,13-14,18-19H2,1-5H3,(H-,38,40,41,42,46)/p+1. The molecule has 6 rings (SSSR count). The van der Waals surface area contributed by atoms with Crippen LogP contribution in [0.15, 0.2) is 48.9 Å². The molecule has 0 saturated heterocycles. The number of halogens is 3. The second kappa shape index (κ2) is 14.1. The van der Waals surface area contributed by atoms with Gasteiger partial charge in [-0.25, -0.2) is 14.0 Å². The molecule has 12 nitrogen and oxygen atoms in total. The van der Waals surface area contributed by atoms with E-state index in [-0.39, 0.29) is 41.8 Å². The molecule has 1 aliphatic heterocycles. The summed E-state index contributed by atoms with van der Waals surface area (Å²) in [7, 11) is 0.969. The molecular weight excluding hydrogens is 674 g/mol. The molecule has 2 aliphatic rings. The molecule has 0 spiro atoms. The number of hydrogen-bond donors (Lipinski definition) is 3. The number of amides is 1. The van der Waals surface area contributed by atoms with E-state index in [4.69, 9.17) is 13.8 Å². The quantitative estimate of drug-likeness (QED) is 0.122. The van der Waals surface area contributed by atoms with Crippen molar-refractivity contribution in [1.29, 1.82) is 0 Å². The van der Waals surface area contributed by atoms with Gasteiger partial charge < -0.3 is 25.4 Å². The van der Waals surface area contributed by atoms with E-state index >= 15 is 0 Å². The summed E-state index contributed by atoms with van der Waals surface area (Å²) in [6, 6.07) is 8.84. The number of hydrogen-bond acceptors (Lipinski definition) is 10. The second-order valence-corrected chi connectivity index (χ2v) is 15.3. The smallest absolute Gasteiger partial charge is 0.421 e. The van der Waals surface area contributed by atoms with Crippen molar-refractivity contribution in [2.75, 3.05) is 44.7 Å². The van der Waals surface area contributed by atoms with Crippen molar-refractivity contribution in [2.24, 2.45) is 0 Å². The third kappa shape index (κ3) is 7.27. The van der Waals surface area contributed by atoms with Gasteiger partial charge in [-0.05, 0) is 61.6 Å². The number of aliphatic hydroxyl groups excluding tert-OH is 1. The number of carbonyl (C=O) groups excluding carboxylic acids is 1. The monoisotopic (exact) mass is 714 g/mol. The average molecular weight is 715 g/mol. The van der Waals surface area contributed by atoms with E-state index in [9.17, 15) is 23.1 Å². The average Bonchev–Trinajstić information content (AvgIpc) is 3.64. The molecular formula is C34H40F3N7O5P+. The number of aliphatic hydroxyl groups is 1. The Morgan fingerprint density at radius 2 is 1.78 bits per heavy atom. The number of benzene rings is 2. The van der Waals surface area contributed by atoms with Crippen LogP contribution in [-0.4, -0.2) is 75.8 Å². The molecule has 2 aromatic carbocycles. The number of carbonyl (C=O) groups is 1. The van der Waals surface area contributed by atoms with Crippen molar-refractivity contribution in [2.45, 2.75) is 57.7 Å². The van der Waals surface area contributed by atoms with Crippen LogP contribution in [0.1, 0.15) is 59.8 Å². The number of methoxy groups -OCH3 is 1. The summed E-state index contributed by atoms with van der Waals surface area (Å²) in [5, 5.41) is 20.0. The van der Waals surface area contributed by atoms with Crippen LogP contribution in [0.5, 0.6) is 5.75 Å². The van der Waals surface area contributed by atoms with Crippen LogP contribution in [0, 0.1) is 0 Å². The van der Waals surface area contributed by atoms with Gasteiger partial charge in [-0.3, -0.25) is 9.48 Å². The first-order chi connectivity index (χ1) is 23.8. The van der Waals surface area contributed by atoms with E-state index in [1.165, 1.54) is 12.0 Å². The fraction of sp³-hybridized carbons (Fsp3) is 0.412. The van der Waals surface area contributed by atoms with Gasteiger partial charge in [-0.1, -0.05) is 12.1 Å². The van der Waals surface area contributed by atoms with E-state index < -0.39 is 25.3 Å². The lowest BCUT2D eigenvalue weighted by Gasteiger charge is -2.31. The fourth-order valence-electron chi connectivity index (χ4n) is 6.32. The molecule has 1 fully saturated rings. The topological polar surface area (TPSA) is 136 Å². The number of aromatic nitrogens is 4.